The predicted octanol–water partition coefficient (Wildman–Crippen LogP) is 1.82. The molecule has 0 spiro atoms. The quantitative estimate of drug-likeness (QED) is 0.927. The van der Waals surface area contributed by atoms with Gasteiger partial charge in [-0.25, -0.2) is 4.98 Å². The van der Waals surface area contributed by atoms with E-state index in [9.17, 15) is 4.79 Å². The van der Waals surface area contributed by atoms with Crippen molar-refractivity contribution in [1.82, 2.24) is 9.88 Å². The molecule has 1 aliphatic rings. The number of hydrogen-bond donors (Lipinski definition) is 1. The van der Waals surface area contributed by atoms with Crippen LogP contribution in [0.5, 0.6) is 0 Å². The molecule has 124 valence electrons. The van der Waals surface area contributed by atoms with Gasteiger partial charge in [-0.15, -0.1) is 11.3 Å². The van der Waals surface area contributed by atoms with E-state index in [1.807, 2.05) is 30.1 Å². The summed E-state index contributed by atoms with van der Waals surface area (Å²) in [5.74, 6) is 1.66. The highest BCUT2D eigenvalue weighted by atomic mass is 32.1. The Kier molecular flexibility index (Phi) is 4.97. The topological polar surface area (TPSA) is 37.6 Å². The minimum atomic E-state index is 0.223. The molecule has 3 rings (SSSR count). The number of piperidine rings is 1. The lowest BCUT2D eigenvalue weighted by atomic mass is 9.92. The third kappa shape index (κ3) is 4.09. The number of quaternary nitrogens is 1. The number of hydrogen-bond acceptors (Lipinski definition) is 3. The van der Waals surface area contributed by atoms with Gasteiger partial charge in [-0.1, -0.05) is 26.0 Å². The number of benzene rings is 1. The zero-order valence-electron chi connectivity index (χ0n) is 14.2. The van der Waals surface area contributed by atoms with Crippen molar-refractivity contribution in [2.24, 2.45) is 11.8 Å². The average molecular weight is 332 g/mol. The summed E-state index contributed by atoms with van der Waals surface area (Å²) in [5, 5.41) is 1.01. The second-order valence-electron chi connectivity index (χ2n) is 7.11. The van der Waals surface area contributed by atoms with Gasteiger partial charge in [-0.2, -0.15) is 0 Å². The molecule has 2 atom stereocenters. The molecule has 23 heavy (non-hydrogen) atoms. The van der Waals surface area contributed by atoms with Crippen molar-refractivity contribution in [3.8, 4) is 0 Å². The molecule has 0 aliphatic carbocycles. The highest BCUT2D eigenvalue weighted by molar-refractivity contribution is 7.18. The number of nitrogens with zero attached hydrogens (tertiary/aromatic N) is 2. The molecule has 0 bridgehead atoms. The van der Waals surface area contributed by atoms with Gasteiger partial charge in [0.25, 0.3) is 5.91 Å². The number of rotatable bonds is 4. The number of carbonyl (C=O) groups excluding carboxylic acids is 1. The highest BCUT2D eigenvalue weighted by Gasteiger charge is 2.27. The molecule has 5 heteroatoms. The molecule has 1 amide bonds. The first kappa shape index (κ1) is 16.4. The van der Waals surface area contributed by atoms with Crippen LogP contribution in [0.1, 0.15) is 25.3 Å². The average Bonchev–Trinajstić information content (AvgIpc) is 2.88. The van der Waals surface area contributed by atoms with Crippen LogP contribution >= 0.6 is 11.3 Å². The number of carbonyl (C=O) groups is 1. The Balaban J connectivity index is 1.58. The van der Waals surface area contributed by atoms with E-state index < -0.39 is 0 Å². The van der Waals surface area contributed by atoms with E-state index in [0.717, 1.165) is 35.4 Å². The van der Waals surface area contributed by atoms with Crippen LogP contribution in [0, 0.1) is 11.8 Å². The number of nitrogens with one attached hydrogen (secondary N) is 1. The molecular formula is C18H26N3OS+. The van der Waals surface area contributed by atoms with Crippen molar-refractivity contribution in [2.45, 2.75) is 26.8 Å². The maximum Gasteiger partial charge on any atom is 0.277 e. The van der Waals surface area contributed by atoms with Crippen molar-refractivity contribution in [2.75, 3.05) is 26.7 Å². The Bertz CT molecular complexity index is 641. The number of para-hydroxylation sites is 1. The van der Waals surface area contributed by atoms with Crippen LogP contribution in [0.3, 0.4) is 0 Å². The SMILES string of the molecule is C[C@H]1C[C@H](C)C[NH+](CC(=O)N(C)Cc2nc3ccccc3s2)C1. The van der Waals surface area contributed by atoms with Gasteiger partial charge in [-0.3, -0.25) is 4.79 Å². The standard InChI is InChI=1S/C18H25N3OS/c1-13-8-14(2)10-21(9-13)12-18(22)20(3)11-17-19-15-6-4-5-7-16(15)23-17/h4-7,13-14H,8-12H2,1-3H3/p+1/t13-,14-/m0/s1. The van der Waals surface area contributed by atoms with E-state index in [4.69, 9.17) is 0 Å². The van der Waals surface area contributed by atoms with E-state index >= 15 is 0 Å². The first-order valence-electron chi connectivity index (χ1n) is 8.43. The molecule has 1 fully saturated rings. The molecule has 2 heterocycles. The first-order valence-corrected chi connectivity index (χ1v) is 9.25. The van der Waals surface area contributed by atoms with Crippen molar-refractivity contribution in [3.63, 3.8) is 0 Å². The molecule has 1 aliphatic heterocycles. The van der Waals surface area contributed by atoms with Gasteiger partial charge >= 0.3 is 0 Å². The second kappa shape index (κ2) is 6.97. The number of fused-ring (bicyclic) bond motifs is 1. The summed E-state index contributed by atoms with van der Waals surface area (Å²) in [4.78, 5) is 20.4. The first-order chi connectivity index (χ1) is 11.0. The minimum Gasteiger partial charge on any atom is -0.334 e. The maximum atomic E-state index is 12.5. The van der Waals surface area contributed by atoms with Crippen LogP contribution in [-0.4, -0.2) is 42.5 Å². The monoisotopic (exact) mass is 332 g/mol. The summed E-state index contributed by atoms with van der Waals surface area (Å²) in [6.45, 7) is 8.04. The number of likely N-dealkylation sites (N-methyl/N-ethyl adjacent to an activating group) is 1. The highest BCUT2D eigenvalue weighted by Crippen LogP contribution is 2.22. The Morgan fingerprint density at radius 1 is 1.30 bits per heavy atom. The summed E-state index contributed by atoms with van der Waals surface area (Å²) in [6.07, 6.45) is 1.29. The molecule has 1 aromatic carbocycles. The minimum absolute atomic E-state index is 0.223. The summed E-state index contributed by atoms with van der Waals surface area (Å²) in [7, 11) is 1.89. The summed E-state index contributed by atoms with van der Waals surface area (Å²) < 4.78 is 1.19. The Morgan fingerprint density at radius 2 is 2.00 bits per heavy atom. The zero-order valence-corrected chi connectivity index (χ0v) is 15.0. The van der Waals surface area contributed by atoms with E-state index in [1.54, 1.807) is 11.3 Å². The molecular weight excluding hydrogens is 306 g/mol. The van der Waals surface area contributed by atoms with Crippen LogP contribution in [0.2, 0.25) is 0 Å². The maximum absolute atomic E-state index is 12.5. The Morgan fingerprint density at radius 3 is 2.70 bits per heavy atom. The van der Waals surface area contributed by atoms with Gasteiger partial charge in [0.15, 0.2) is 6.54 Å². The smallest absolute Gasteiger partial charge is 0.277 e. The molecule has 0 saturated carbocycles. The number of likely N-dealkylation sites (tertiary alicyclic amines) is 1. The lowest BCUT2D eigenvalue weighted by Gasteiger charge is -2.32. The van der Waals surface area contributed by atoms with E-state index in [0.29, 0.717) is 13.1 Å². The molecule has 0 unspecified atom stereocenters. The van der Waals surface area contributed by atoms with E-state index in [2.05, 4.69) is 24.9 Å². The van der Waals surface area contributed by atoms with Crippen LogP contribution in [-0.2, 0) is 11.3 Å². The lowest BCUT2D eigenvalue weighted by Crippen LogP contribution is -3.15. The summed E-state index contributed by atoms with van der Waals surface area (Å²) >= 11 is 1.68. The normalized spacial score (nSPS) is 24.7. The molecule has 4 nitrogen and oxygen atoms in total. The summed E-state index contributed by atoms with van der Waals surface area (Å²) in [6, 6.07) is 8.14. The second-order valence-corrected chi connectivity index (χ2v) is 8.22. The van der Waals surface area contributed by atoms with Gasteiger partial charge in [0.05, 0.1) is 29.9 Å². The van der Waals surface area contributed by atoms with Crippen LogP contribution in [0.25, 0.3) is 10.2 Å². The third-order valence-corrected chi connectivity index (χ3v) is 5.64. The predicted molar refractivity (Wildman–Crippen MR) is 94.6 cm³/mol. The Labute approximate surface area is 142 Å². The van der Waals surface area contributed by atoms with Crippen molar-refractivity contribution in [1.29, 1.82) is 0 Å². The third-order valence-electron chi connectivity index (χ3n) is 4.62. The molecule has 1 saturated heterocycles. The zero-order chi connectivity index (χ0) is 16.4. The fourth-order valence-electron chi connectivity index (χ4n) is 3.69. The van der Waals surface area contributed by atoms with Gasteiger partial charge in [-0.05, 0) is 18.6 Å². The molecule has 0 radical (unpaired) electrons. The van der Waals surface area contributed by atoms with Crippen molar-refractivity contribution in [3.05, 3.63) is 29.3 Å². The number of aromatic nitrogens is 1. The number of thiazole rings is 1. The van der Waals surface area contributed by atoms with Gasteiger partial charge in [0.2, 0.25) is 0 Å². The van der Waals surface area contributed by atoms with Gasteiger partial charge in [0.1, 0.15) is 5.01 Å². The Hall–Kier alpha value is -1.46. The van der Waals surface area contributed by atoms with E-state index in [-0.39, 0.29) is 5.91 Å². The fourth-order valence-corrected chi connectivity index (χ4v) is 4.72. The summed E-state index contributed by atoms with van der Waals surface area (Å²) in [5.41, 5.74) is 1.03. The van der Waals surface area contributed by atoms with Crippen LogP contribution in [0.15, 0.2) is 24.3 Å². The van der Waals surface area contributed by atoms with E-state index in [1.165, 1.54) is 16.0 Å². The van der Waals surface area contributed by atoms with Crippen LogP contribution in [0.4, 0.5) is 0 Å². The lowest BCUT2D eigenvalue weighted by molar-refractivity contribution is -0.904. The number of amides is 1. The molecule has 1 N–H and O–H groups in total. The van der Waals surface area contributed by atoms with Crippen LogP contribution < -0.4 is 4.90 Å². The fraction of sp³-hybridized carbons (Fsp3) is 0.556. The van der Waals surface area contributed by atoms with Crippen molar-refractivity contribution < 1.29 is 9.69 Å². The largest absolute Gasteiger partial charge is 0.334 e. The molecule has 2 aromatic rings. The van der Waals surface area contributed by atoms with Gasteiger partial charge in [0, 0.05) is 18.9 Å². The van der Waals surface area contributed by atoms with Crippen molar-refractivity contribution >= 4 is 27.5 Å². The molecule has 1 aromatic heterocycles. The van der Waals surface area contributed by atoms with Gasteiger partial charge < -0.3 is 9.80 Å².